The molecule has 2 heterocycles. The maximum atomic E-state index is 11.5. The Kier molecular flexibility index (Phi) is 4.70. The summed E-state index contributed by atoms with van der Waals surface area (Å²) in [5, 5.41) is 4.30. The van der Waals surface area contributed by atoms with Crippen LogP contribution in [0.5, 0.6) is 0 Å². The number of rotatable bonds is 5. The van der Waals surface area contributed by atoms with E-state index in [0.717, 1.165) is 24.1 Å². The fourth-order valence-corrected chi connectivity index (χ4v) is 2.54. The molecule has 0 aliphatic heterocycles. The van der Waals surface area contributed by atoms with Crippen molar-refractivity contribution in [3.05, 3.63) is 82.9 Å². The van der Waals surface area contributed by atoms with Crippen LogP contribution in [0.3, 0.4) is 0 Å². The van der Waals surface area contributed by atoms with E-state index in [2.05, 4.69) is 34.3 Å². The number of aromatic nitrogens is 3. The van der Waals surface area contributed by atoms with Gasteiger partial charge in [-0.05, 0) is 47.7 Å². The molecule has 5 heteroatoms. The van der Waals surface area contributed by atoms with Gasteiger partial charge in [0.25, 0.3) is 0 Å². The Morgan fingerprint density at radius 1 is 1.12 bits per heavy atom. The second-order valence-corrected chi connectivity index (χ2v) is 5.75. The van der Waals surface area contributed by atoms with Crippen molar-refractivity contribution in [2.24, 2.45) is 0 Å². The van der Waals surface area contributed by atoms with Crippen LogP contribution in [-0.2, 0) is 17.7 Å². The van der Waals surface area contributed by atoms with E-state index in [1.54, 1.807) is 12.3 Å². The Morgan fingerprint density at radius 2 is 1.88 bits per heavy atom. The lowest BCUT2D eigenvalue weighted by Crippen LogP contribution is -2.05. The SMILES string of the molecule is COC(=O)c1cc(Cc2ccc(Cn3cc(C)cn3)cc2)ccn1. The molecule has 0 unspecified atom stereocenters. The summed E-state index contributed by atoms with van der Waals surface area (Å²) in [5.41, 5.74) is 4.90. The Hall–Kier alpha value is -2.95. The molecule has 122 valence electrons. The van der Waals surface area contributed by atoms with Crippen LogP contribution in [0.2, 0.25) is 0 Å². The van der Waals surface area contributed by atoms with Crippen LogP contribution in [0.4, 0.5) is 0 Å². The number of pyridine rings is 1. The number of hydrogen-bond acceptors (Lipinski definition) is 4. The highest BCUT2D eigenvalue weighted by molar-refractivity contribution is 5.87. The molecule has 24 heavy (non-hydrogen) atoms. The summed E-state index contributed by atoms with van der Waals surface area (Å²) in [4.78, 5) is 15.6. The number of benzene rings is 1. The summed E-state index contributed by atoms with van der Waals surface area (Å²) in [6, 6.07) is 12.1. The molecule has 3 rings (SSSR count). The molecule has 1 aromatic carbocycles. The molecule has 0 bridgehead atoms. The fraction of sp³-hybridized carbons (Fsp3) is 0.211. The maximum absolute atomic E-state index is 11.5. The van der Waals surface area contributed by atoms with Crippen molar-refractivity contribution in [3.8, 4) is 0 Å². The fourth-order valence-electron chi connectivity index (χ4n) is 2.54. The van der Waals surface area contributed by atoms with Crippen LogP contribution < -0.4 is 0 Å². The largest absolute Gasteiger partial charge is 0.464 e. The highest BCUT2D eigenvalue weighted by atomic mass is 16.5. The molecular formula is C19H19N3O2. The van der Waals surface area contributed by atoms with Crippen LogP contribution in [0, 0.1) is 6.92 Å². The average molecular weight is 321 g/mol. The molecule has 0 aliphatic rings. The van der Waals surface area contributed by atoms with Crippen molar-refractivity contribution >= 4 is 5.97 Å². The number of hydrogen-bond donors (Lipinski definition) is 0. The van der Waals surface area contributed by atoms with Gasteiger partial charge in [-0.1, -0.05) is 24.3 Å². The van der Waals surface area contributed by atoms with Crippen LogP contribution in [-0.4, -0.2) is 27.8 Å². The second kappa shape index (κ2) is 7.08. The zero-order chi connectivity index (χ0) is 16.9. The van der Waals surface area contributed by atoms with Crippen LogP contribution in [0.1, 0.15) is 32.7 Å². The Balaban J connectivity index is 1.69. The van der Waals surface area contributed by atoms with Crippen molar-refractivity contribution in [2.45, 2.75) is 19.9 Å². The van der Waals surface area contributed by atoms with Gasteiger partial charge in [-0.25, -0.2) is 9.78 Å². The van der Waals surface area contributed by atoms with Gasteiger partial charge < -0.3 is 4.74 Å². The average Bonchev–Trinajstić information content (AvgIpc) is 3.01. The molecule has 0 spiro atoms. The molecule has 0 radical (unpaired) electrons. The van der Waals surface area contributed by atoms with Crippen molar-refractivity contribution in [3.63, 3.8) is 0 Å². The van der Waals surface area contributed by atoms with Gasteiger partial charge in [-0.3, -0.25) is 4.68 Å². The van der Waals surface area contributed by atoms with Gasteiger partial charge in [-0.15, -0.1) is 0 Å². The molecule has 0 fully saturated rings. The van der Waals surface area contributed by atoms with E-state index in [0.29, 0.717) is 5.69 Å². The molecule has 0 N–H and O–H groups in total. The lowest BCUT2D eigenvalue weighted by molar-refractivity contribution is 0.0594. The lowest BCUT2D eigenvalue weighted by atomic mass is 10.0. The summed E-state index contributed by atoms with van der Waals surface area (Å²) < 4.78 is 6.63. The first kappa shape index (κ1) is 15.9. The summed E-state index contributed by atoms with van der Waals surface area (Å²) in [6.45, 7) is 2.79. The quantitative estimate of drug-likeness (QED) is 0.678. The van der Waals surface area contributed by atoms with Crippen molar-refractivity contribution < 1.29 is 9.53 Å². The Labute approximate surface area is 140 Å². The predicted octanol–water partition coefficient (Wildman–Crippen LogP) is 3.01. The van der Waals surface area contributed by atoms with E-state index in [1.165, 1.54) is 18.2 Å². The van der Waals surface area contributed by atoms with E-state index in [4.69, 9.17) is 4.74 Å². The topological polar surface area (TPSA) is 57.0 Å². The number of ether oxygens (including phenoxy) is 1. The van der Waals surface area contributed by atoms with Gasteiger partial charge in [0.15, 0.2) is 0 Å². The van der Waals surface area contributed by atoms with Gasteiger partial charge in [0.2, 0.25) is 0 Å². The smallest absolute Gasteiger partial charge is 0.356 e. The zero-order valence-electron chi connectivity index (χ0n) is 13.8. The third-order valence-corrected chi connectivity index (χ3v) is 3.76. The van der Waals surface area contributed by atoms with E-state index >= 15 is 0 Å². The first-order chi connectivity index (χ1) is 11.6. The summed E-state index contributed by atoms with van der Waals surface area (Å²) in [5.74, 6) is -0.415. The molecule has 2 aromatic heterocycles. The van der Waals surface area contributed by atoms with Crippen LogP contribution in [0.25, 0.3) is 0 Å². The molecule has 0 amide bonds. The standard InChI is InChI=1S/C19H19N3O2/c1-14-11-21-22(12-14)13-16-5-3-15(4-6-16)9-17-7-8-20-18(10-17)19(23)24-2/h3-8,10-12H,9,13H2,1-2H3. The molecule has 5 nitrogen and oxygen atoms in total. The minimum atomic E-state index is -0.415. The predicted molar refractivity (Wildman–Crippen MR) is 90.9 cm³/mol. The normalized spacial score (nSPS) is 10.6. The lowest BCUT2D eigenvalue weighted by Gasteiger charge is -2.06. The first-order valence-corrected chi connectivity index (χ1v) is 7.74. The third-order valence-electron chi connectivity index (χ3n) is 3.76. The van der Waals surface area contributed by atoms with E-state index in [9.17, 15) is 4.79 Å². The van der Waals surface area contributed by atoms with E-state index in [1.807, 2.05) is 30.1 Å². The van der Waals surface area contributed by atoms with Crippen molar-refractivity contribution in [2.75, 3.05) is 7.11 Å². The molecular weight excluding hydrogens is 302 g/mol. The minimum absolute atomic E-state index is 0.334. The minimum Gasteiger partial charge on any atom is -0.464 e. The summed E-state index contributed by atoms with van der Waals surface area (Å²) >= 11 is 0. The second-order valence-electron chi connectivity index (χ2n) is 5.75. The van der Waals surface area contributed by atoms with Crippen molar-refractivity contribution in [1.29, 1.82) is 0 Å². The molecule has 3 aromatic rings. The maximum Gasteiger partial charge on any atom is 0.356 e. The highest BCUT2D eigenvalue weighted by Crippen LogP contribution is 2.13. The summed E-state index contributed by atoms with van der Waals surface area (Å²) in [6.07, 6.45) is 6.26. The Morgan fingerprint density at radius 3 is 2.54 bits per heavy atom. The molecule has 0 aliphatic carbocycles. The summed E-state index contributed by atoms with van der Waals surface area (Å²) in [7, 11) is 1.36. The Bertz CT molecular complexity index is 838. The van der Waals surface area contributed by atoms with Gasteiger partial charge in [-0.2, -0.15) is 5.10 Å². The number of nitrogens with zero attached hydrogens (tertiary/aromatic N) is 3. The number of carbonyl (C=O) groups excluding carboxylic acids is 1. The van der Waals surface area contributed by atoms with Gasteiger partial charge in [0, 0.05) is 12.4 Å². The monoisotopic (exact) mass is 321 g/mol. The van der Waals surface area contributed by atoms with E-state index < -0.39 is 5.97 Å². The molecule has 0 saturated heterocycles. The number of methoxy groups -OCH3 is 1. The number of aryl methyl sites for hydroxylation is 1. The van der Waals surface area contributed by atoms with Gasteiger partial charge >= 0.3 is 5.97 Å². The molecule has 0 atom stereocenters. The van der Waals surface area contributed by atoms with Crippen molar-refractivity contribution in [1.82, 2.24) is 14.8 Å². The van der Waals surface area contributed by atoms with Gasteiger partial charge in [0.1, 0.15) is 5.69 Å². The number of esters is 1. The van der Waals surface area contributed by atoms with Crippen LogP contribution in [0.15, 0.2) is 55.0 Å². The van der Waals surface area contributed by atoms with E-state index in [-0.39, 0.29) is 0 Å². The zero-order valence-corrected chi connectivity index (χ0v) is 13.8. The van der Waals surface area contributed by atoms with Gasteiger partial charge in [0.05, 0.1) is 19.9 Å². The number of carbonyl (C=O) groups is 1. The first-order valence-electron chi connectivity index (χ1n) is 7.74. The molecule has 0 saturated carbocycles. The van der Waals surface area contributed by atoms with Crippen LogP contribution >= 0.6 is 0 Å². The highest BCUT2D eigenvalue weighted by Gasteiger charge is 2.08. The third kappa shape index (κ3) is 3.87.